The molecule has 0 spiro atoms. The summed E-state index contributed by atoms with van der Waals surface area (Å²) in [6.07, 6.45) is 1.03. The number of fused-ring (bicyclic) bond motifs is 4. The third-order valence-corrected chi connectivity index (χ3v) is 9.84. The van der Waals surface area contributed by atoms with Gasteiger partial charge in [-0.2, -0.15) is 42.0 Å². The Kier molecular flexibility index (Phi) is 13.7. The quantitative estimate of drug-likeness (QED) is 0.200. The zero-order chi connectivity index (χ0) is 32.2. The summed E-state index contributed by atoms with van der Waals surface area (Å²) in [7, 11) is 0. The molecule has 0 aromatic heterocycles. The fourth-order valence-electron chi connectivity index (χ4n) is 5.56. The van der Waals surface area contributed by atoms with Gasteiger partial charge in [0.25, 0.3) is 0 Å². The van der Waals surface area contributed by atoms with Gasteiger partial charge in [-0.05, 0) is 28.4 Å². The van der Waals surface area contributed by atoms with E-state index < -0.39 is 0 Å². The van der Waals surface area contributed by atoms with Crippen molar-refractivity contribution < 1.29 is 49.0 Å². The van der Waals surface area contributed by atoms with Gasteiger partial charge < -0.3 is 24.8 Å². The van der Waals surface area contributed by atoms with Crippen molar-refractivity contribution in [3.63, 3.8) is 0 Å². The summed E-state index contributed by atoms with van der Waals surface area (Å²) in [4.78, 5) is 0. The average molecular weight is 755 g/mol. The molecule has 0 bridgehead atoms. The van der Waals surface area contributed by atoms with E-state index in [0.717, 1.165) is 11.4 Å². The Morgan fingerprint density at radius 1 is 0.702 bits per heavy atom. The van der Waals surface area contributed by atoms with E-state index in [1.54, 1.807) is 0 Å². The largest absolute Gasteiger partial charge is 1.00 e. The van der Waals surface area contributed by atoms with E-state index in [0.29, 0.717) is 0 Å². The molecule has 0 N–H and O–H groups in total. The molecule has 1 aliphatic rings. The summed E-state index contributed by atoms with van der Waals surface area (Å²) in [6, 6.07) is 48.2. The molecule has 0 heterocycles. The Morgan fingerprint density at radius 2 is 1.34 bits per heavy atom. The van der Waals surface area contributed by atoms with Crippen molar-refractivity contribution in [3.05, 3.63) is 172 Å². The Labute approximate surface area is 314 Å². The van der Waals surface area contributed by atoms with E-state index in [2.05, 4.69) is 133 Å². The molecule has 0 unspecified atom stereocenters. The van der Waals surface area contributed by atoms with Crippen LogP contribution in [0.5, 0.6) is 0 Å². The van der Waals surface area contributed by atoms with Gasteiger partial charge in [0.2, 0.25) is 0 Å². The minimum absolute atomic E-state index is 0. The number of halogens is 3. The van der Waals surface area contributed by atoms with E-state index in [1.165, 1.54) is 82.7 Å². The molecule has 0 saturated carbocycles. The van der Waals surface area contributed by atoms with Crippen LogP contribution in [0.2, 0.25) is 5.02 Å². The van der Waals surface area contributed by atoms with Crippen LogP contribution < -0.4 is 24.8 Å². The van der Waals surface area contributed by atoms with Crippen molar-refractivity contribution in [3.8, 4) is 11.1 Å². The summed E-state index contributed by atoms with van der Waals surface area (Å²) < 4.78 is 1.36. The minimum Gasteiger partial charge on any atom is -1.00 e. The Hall–Kier alpha value is -2.67. The maximum absolute atomic E-state index is 5.96. The molecule has 6 aromatic rings. The second kappa shape index (κ2) is 16.6. The molecular weight excluding hydrogens is 714 g/mol. The molecule has 4 heteroatoms. The van der Waals surface area contributed by atoms with Gasteiger partial charge in [0.15, 0.2) is 0 Å². The maximum Gasteiger partial charge on any atom is -0.172 e. The van der Waals surface area contributed by atoms with Crippen LogP contribution in [-0.4, -0.2) is 3.21 Å². The molecule has 240 valence electrons. The van der Waals surface area contributed by atoms with Gasteiger partial charge in [-0.15, -0.1) is 11.1 Å². The van der Waals surface area contributed by atoms with Crippen molar-refractivity contribution in [2.75, 3.05) is 0 Å². The summed E-state index contributed by atoms with van der Waals surface area (Å²) in [6.45, 7) is 13.6. The smallest absolute Gasteiger partial charge is 0.172 e. The average Bonchev–Trinajstić information content (AvgIpc) is 3.72. The number of benzene rings is 5. The fourth-order valence-corrected chi connectivity index (χ4v) is 6.64. The zero-order valence-electron chi connectivity index (χ0n) is 28.0. The first-order valence-corrected chi connectivity index (χ1v) is 17.2. The van der Waals surface area contributed by atoms with Crippen LogP contribution in [0.1, 0.15) is 74.9 Å². The molecule has 0 saturated heterocycles. The molecule has 47 heavy (non-hydrogen) atoms. The summed E-state index contributed by atoms with van der Waals surface area (Å²) in [5, 5.41) is 3.38. The Balaban J connectivity index is 0.000000215. The van der Waals surface area contributed by atoms with E-state index >= 15 is 0 Å². The first kappa shape index (κ1) is 38.8. The van der Waals surface area contributed by atoms with Gasteiger partial charge >= 0.3 is 133 Å². The Morgan fingerprint density at radius 3 is 1.96 bits per heavy atom. The van der Waals surface area contributed by atoms with Crippen molar-refractivity contribution in [1.82, 2.24) is 0 Å². The second-order valence-corrected chi connectivity index (χ2v) is 15.3. The SMILES string of the molecule is CC(C)(C)c1[c-]c2c(cc1)-c1ccc(C(C)(C)C)cc1C2.Clc1ccc([C](=[Zr+2])c2cccc3ccccc23)cc1.[Cl-].[Cl-].c1cc[cH-]c1. The summed E-state index contributed by atoms with van der Waals surface area (Å²) >= 11 is 7.37. The van der Waals surface area contributed by atoms with E-state index in [9.17, 15) is 0 Å². The molecule has 0 radical (unpaired) electrons. The Bertz CT molecular complexity index is 1820. The maximum atomic E-state index is 5.96. The first-order chi connectivity index (χ1) is 21.4. The predicted molar refractivity (Wildman–Crippen MR) is 192 cm³/mol. The van der Waals surface area contributed by atoms with Crippen LogP contribution >= 0.6 is 11.6 Å². The van der Waals surface area contributed by atoms with E-state index in [1.807, 2.05) is 42.5 Å². The third-order valence-electron chi connectivity index (χ3n) is 8.21. The monoisotopic (exact) mass is 752 g/mol. The standard InChI is InChI=1S/C21H25.C17H11Cl.C5H5.2ClH.Zr/c1-20(2,3)16-7-9-18-14(12-16)11-15-13-17(21(4,5)6)8-10-19(15)18;18-16-10-8-13(9-11-16)12-15-6-3-5-14-4-1-2-7-17(14)15;1-2-4-5-3-1;;;/h7-10,12H,11H2,1-6H3;1-11H;1-5H;2*1H;/q-1;;-1;;;+2/p-2. The number of hydrogen-bond acceptors (Lipinski definition) is 0. The molecule has 0 amide bonds. The zero-order valence-corrected chi connectivity index (χ0v) is 32.7. The van der Waals surface area contributed by atoms with Gasteiger partial charge in [-0.25, -0.2) is 12.1 Å². The van der Waals surface area contributed by atoms with Crippen molar-refractivity contribution in [2.45, 2.75) is 58.8 Å². The summed E-state index contributed by atoms with van der Waals surface area (Å²) in [5.74, 6) is 0. The number of hydrogen-bond donors (Lipinski definition) is 0. The minimum atomic E-state index is 0. The van der Waals surface area contributed by atoms with Crippen molar-refractivity contribution >= 4 is 25.6 Å². The van der Waals surface area contributed by atoms with Gasteiger partial charge in [-0.3, -0.25) is 0 Å². The molecule has 0 nitrogen and oxygen atoms in total. The van der Waals surface area contributed by atoms with Crippen molar-refractivity contribution in [1.29, 1.82) is 0 Å². The van der Waals surface area contributed by atoms with Gasteiger partial charge in [0.05, 0.1) is 0 Å². The fraction of sp³-hybridized carbons (Fsp3) is 0.209. The van der Waals surface area contributed by atoms with E-state index in [4.69, 9.17) is 11.6 Å². The van der Waals surface area contributed by atoms with Gasteiger partial charge in [0, 0.05) is 0 Å². The van der Waals surface area contributed by atoms with E-state index in [-0.39, 0.29) is 35.6 Å². The molecule has 0 fully saturated rings. The molecule has 0 atom stereocenters. The van der Waals surface area contributed by atoms with Crippen LogP contribution in [-0.2, 0) is 41.5 Å². The molecule has 7 rings (SSSR count). The third kappa shape index (κ3) is 9.71. The topological polar surface area (TPSA) is 0 Å². The molecular formula is C43H41Cl3Zr-2. The second-order valence-electron chi connectivity index (χ2n) is 13.7. The number of rotatable bonds is 2. The van der Waals surface area contributed by atoms with Crippen LogP contribution in [0.15, 0.2) is 127 Å². The van der Waals surface area contributed by atoms with Gasteiger partial charge in [0.1, 0.15) is 0 Å². The van der Waals surface area contributed by atoms with Crippen LogP contribution in [0.4, 0.5) is 0 Å². The predicted octanol–water partition coefficient (Wildman–Crippen LogP) is 5.68. The summed E-state index contributed by atoms with van der Waals surface area (Å²) in [5.41, 5.74) is 11.3. The molecule has 6 aromatic carbocycles. The van der Waals surface area contributed by atoms with Crippen LogP contribution in [0.3, 0.4) is 0 Å². The molecule has 1 aliphatic carbocycles. The van der Waals surface area contributed by atoms with Gasteiger partial charge in [-0.1, -0.05) is 65.3 Å². The molecule has 0 aliphatic heterocycles. The normalized spacial score (nSPS) is 11.4. The van der Waals surface area contributed by atoms with Crippen molar-refractivity contribution in [2.24, 2.45) is 0 Å². The first-order valence-electron chi connectivity index (χ1n) is 15.6. The van der Waals surface area contributed by atoms with Crippen LogP contribution in [0, 0.1) is 6.07 Å². The van der Waals surface area contributed by atoms with Crippen LogP contribution in [0.25, 0.3) is 21.9 Å².